The molecule has 154 valence electrons. The van der Waals surface area contributed by atoms with E-state index in [1.807, 2.05) is 26.0 Å². The molecule has 7 heteroatoms. The lowest BCUT2D eigenvalue weighted by Crippen LogP contribution is -2.32. The topological polar surface area (TPSA) is 88.7 Å². The van der Waals surface area contributed by atoms with Gasteiger partial charge in [-0.15, -0.1) is 0 Å². The fraction of sp³-hybridized carbons (Fsp3) is 0.364. The molecule has 7 nitrogen and oxygen atoms in total. The maximum absolute atomic E-state index is 12.6. The van der Waals surface area contributed by atoms with Crippen molar-refractivity contribution in [2.24, 2.45) is 0 Å². The van der Waals surface area contributed by atoms with Gasteiger partial charge in [0.05, 0.1) is 12.3 Å². The molecule has 29 heavy (non-hydrogen) atoms. The minimum absolute atomic E-state index is 0.135. The number of ether oxygens (including phenoxy) is 2. The van der Waals surface area contributed by atoms with Crippen molar-refractivity contribution in [2.75, 3.05) is 22.6 Å². The number of rotatable bonds is 7. The van der Waals surface area contributed by atoms with Crippen molar-refractivity contribution in [1.82, 2.24) is 0 Å². The summed E-state index contributed by atoms with van der Waals surface area (Å²) in [6.07, 6.45) is 0.983. The van der Waals surface area contributed by atoms with Crippen LogP contribution < -0.4 is 25.4 Å². The number of carbonyl (C=O) groups excluding carboxylic acids is 2. The number of anilines is 3. The van der Waals surface area contributed by atoms with Gasteiger partial charge in [0.1, 0.15) is 23.6 Å². The number of fused-ring (bicyclic) bond motifs is 1. The van der Waals surface area contributed by atoms with Crippen molar-refractivity contribution in [1.29, 1.82) is 0 Å². The van der Waals surface area contributed by atoms with Gasteiger partial charge in [0, 0.05) is 36.3 Å². The Morgan fingerprint density at radius 3 is 2.45 bits per heavy atom. The molecule has 0 aromatic heterocycles. The van der Waals surface area contributed by atoms with Gasteiger partial charge in [0.15, 0.2) is 0 Å². The quantitative estimate of drug-likeness (QED) is 0.661. The summed E-state index contributed by atoms with van der Waals surface area (Å²) < 4.78 is 11.6. The molecule has 2 atom stereocenters. The lowest BCUT2D eigenvalue weighted by molar-refractivity contribution is -0.116. The average molecular weight is 397 g/mol. The molecule has 0 aliphatic carbocycles. The van der Waals surface area contributed by atoms with Crippen molar-refractivity contribution in [3.63, 3.8) is 0 Å². The van der Waals surface area contributed by atoms with E-state index >= 15 is 0 Å². The van der Waals surface area contributed by atoms with Gasteiger partial charge in [-0.3, -0.25) is 9.59 Å². The van der Waals surface area contributed by atoms with Crippen molar-refractivity contribution < 1.29 is 19.1 Å². The first kappa shape index (κ1) is 20.5. The summed E-state index contributed by atoms with van der Waals surface area (Å²) in [5, 5.41) is 8.78. The van der Waals surface area contributed by atoms with Crippen molar-refractivity contribution in [2.45, 2.75) is 46.3 Å². The smallest absolute Gasteiger partial charge is 0.246 e. The molecule has 3 rings (SSSR count). The fourth-order valence-corrected chi connectivity index (χ4v) is 3.22. The fourth-order valence-electron chi connectivity index (χ4n) is 3.22. The summed E-state index contributed by atoms with van der Waals surface area (Å²) >= 11 is 0. The molecule has 0 saturated carbocycles. The molecule has 0 fully saturated rings. The van der Waals surface area contributed by atoms with E-state index in [1.54, 1.807) is 31.2 Å². The number of nitrogens with one attached hydrogen (secondary N) is 3. The SMILES string of the molecule is CCOc1cc2c(cc1N[C@H](C)C(=O)Nc1ccc(NC(C)=O)cc1)O[C@@H](C)C2. The normalized spacial score (nSPS) is 15.7. The van der Waals surface area contributed by atoms with Gasteiger partial charge >= 0.3 is 0 Å². The first-order chi connectivity index (χ1) is 13.9. The van der Waals surface area contributed by atoms with E-state index < -0.39 is 6.04 Å². The van der Waals surface area contributed by atoms with Crippen LogP contribution in [-0.4, -0.2) is 30.6 Å². The standard InChI is InChI=1S/C22H27N3O4/c1-5-28-21-11-16-10-13(2)29-20(16)12-19(21)23-14(3)22(27)25-18-8-6-17(7-9-18)24-15(4)26/h6-9,11-14,23H,5,10H2,1-4H3,(H,24,26)(H,25,27)/t13-,14+/m0/s1. The third kappa shape index (κ3) is 5.19. The summed E-state index contributed by atoms with van der Waals surface area (Å²) in [7, 11) is 0. The highest BCUT2D eigenvalue weighted by Crippen LogP contribution is 2.38. The highest BCUT2D eigenvalue weighted by atomic mass is 16.5. The van der Waals surface area contributed by atoms with E-state index in [-0.39, 0.29) is 17.9 Å². The maximum Gasteiger partial charge on any atom is 0.246 e. The molecule has 0 radical (unpaired) electrons. The van der Waals surface area contributed by atoms with Crippen LogP contribution in [0.2, 0.25) is 0 Å². The Kier molecular flexibility index (Phi) is 6.26. The summed E-state index contributed by atoms with van der Waals surface area (Å²) in [5.41, 5.74) is 3.16. The molecule has 0 unspecified atom stereocenters. The van der Waals surface area contributed by atoms with Crippen LogP contribution in [0.4, 0.5) is 17.1 Å². The Labute approximate surface area is 170 Å². The zero-order valence-corrected chi connectivity index (χ0v) is 17.2. The molecular weight excluding hydrogens is 370 g/mol. The number of hydrogen-bond donors (Lipinski definition) is 3. The van der Waals surface area contributed by atoms with Gasteiger partial charge in [-0.25, -0.2) is 0 Å². The third-order valence-corrected chi connectivity index (χ3v) is 4.54. The molecule has 1 aliphatic rings. The van der Waals surface area contributed by atoms with Gasteiger partial charge in [-0.2, -0.15) is 0 Å². The van der Waals surface area contributed by atoms with E-state index in [0.29, 0.717) is 23.7 Å². The Hall–Kier alpha value is -3.22. The minimum atomic E-state index is -0.499. The van der Waals surface area contributed by atoms with Gasteiger partial charge in [-0.05, 0) is 51.1 Å². The maximum atomic E-state index is 12.6. The van der Waals surface area contributed by atoms with Crippen LogP contribution in [0.15, 0.2) is 36.4 Å². The molecule has 0 saturated heterocycles. The van der Waals surface area contributed by atoms with Crippen molar-refractivity contribution in [3.8, 4) is 11.5 Å². The van der Waals surface area contributed by atoms with Crippen LogP contribution in [-0.2, 0) is 16.0 Å². The molecule has 3 N–H and O–H groups in total. The Balaban J connectivity index is 1.68. The van der Waals surface area contributed by atoms with E-state index in [2.05, 4.69) is 16.0 Å². The number of carbonyl (C=O) groups is 2. The van der Waals surface area contributed by atoms with Gasteiger partial charge < -0.3 is 25.4 Å². The summed E-state index contributed by atoms with van der Waals surface area (Å²) in [5.74, 6) is 1.21. The molecule has 2 aromatic carbocycles. The zero-order valence-electron chi connectivity index (χ0n) is 17.2. The highest BCUT2D eigenvalue weighted by molar-refractivity contribution is 5.97. The van der Waals surface area contributed by atoms with E-state index in [9.17, 15) is 9.59 Å². The second-order valence-corrected chi connectivity index (χ2v) is 7.14. The lowest BCUT2D eigenvalue weighted by Gasteiger charge is -2.19. The van der Waals surface area contributed by atoms with Crippen molar-refractivity contribution in [3.05, 3.63) is 42.0 Å². The second kappa shape index (κ2) is 8.86. The Morgan fingerprint density at radius 1 is 1.17 bits per heavy atom. The zero-order chi connectivity index (χ0) is 21.0. The minimum Gasteiger partial charge on any atom is -0.492 e. The summed E-state index contributed by atoms with van der Waals surface area (Å²) in [4.78, 5) is 23.7. The summed E-state index contributed by atoms with van der Waals surface area (Å²) in [6, 6.07) is 10.3. The van der Waals surface area contributed by atoms with E-state index in [4.69, 9.17) is 9.47 Å². The van der Waals surface area contributed by atoms with Gasteiger partial charge in [0.2, 0.25) is 11.8 Å². The van der Waals surface area contributed by atoms with Gasteiger partial charge in [-0.1, -0.05) is 0 Å². The predicted molar refractivity (Wildman–Crippen MR) is 114 cm³/mol. The number of amides is 2. The largest absolute Gasteiger partial charge is 0.492 e. The molecule has 0 spiro atoms. The molecule has 2 aromatic rings. The molecule has 1 heterocycles. The van der Waals surface area contributed by atoms with E-state index in [1.165, 1.54) is 6.92 Å². The molecular formula is C22H27N3O4. The molecule has 2 amide bonds. The van der Waals surface area contributed by atoms with Crippen LogP contribution in [0.1, 0.15) is 33.3 Å². The Morgan fingerprint density at radius 2 is 1.83 bits per heavy atom. The third-order valence-electron chi connectivity index (χ3n) is 4.54. The first-order valence-corrected chi connectivity index (χ1v) is 9.77. The Bertz CT molecular complexity index is 896. The first-order valence-electron chi connectivity index (χ1n) is 9.77. The highest BCUT2D eigenvalue weighted by Gasteiger charge is 2.23. The van der Waals surface area contributed by atoms with Gasteiger partial charge in [0.25, 0.3) is 0 Å². The van der Waals surface area contributed by atoms with Crippen LogP contribution in [0.5, 0.6) is 11.5 Å². The molecule has 0 bridgehead atoms. The number of hydrogen-bond acceptors (Lipinski definition) is 5. The monoisotopic (exact) mass is 397 g/mol. The number of benzene rings is 2. The van der Waals surface area contributed by atoms with Crippen LogP contribution in [0.3, 0.4) is 0 Å². The van der Waals surface area contributed by atoms with Crippen LogP contribution in [0.25, 0.3) is 0 Å². The average Bonchev–Trinajstić information content (AvgIpc) is 3.02. The predicted octanol–water partition coefficient (Wildman–Crippen LogP) is 3.81. The molecule has 1 aliphatic heterocycles. The van der Waals surface area contributed by atoms with E-state index in [0.717, 1.165) is 23.4 Å². The van der Waals surface area contributed by atoms with Crippen molar-refractivity contribution >= 4 is 28.9 Å². The lowest BCUT2D eigenvalue weighted by atomic mass is 10.1. The van der Waals surface area contributed by atoms with Crippen LogP contribution >= 0.6 is 0 Å². The second-order valence-electron chi connectivity index (χ2n) is 7.14. The summed E-state index contributed by atoms with van der Waals surface area (Å²) in [6.45, 7) is 7.72. The van der Waals surface area contributed by atoms with Crippen LogP contribution in [0, 0.1) is 0 Å².